The van der Waals surface area contributed by atoms with Crippen molar-refractivity contribution in [1.29, 1.82) is 0 Å². The summed E-state index contributed by atoms with van der Waals surface area (Å²) in [6.07, 6.45) is 2.49. The normalized spacial score (nSPS) is 21.4. The number of Topliss-reactive ketones (excluding diaryl/α,β-unsaturated/α-hetero) is 1. The minimum absolute atomic E-state index is 0.120. The number of ketones is 1. The molecule has 0 unspecified atom stereocenters. The van der Waals surface area contributed by atoms with Gasteiger partial charge in [-0.1, -0.05) is 12.1 Å². The number of nitrogens with zero attached hydrogens (tertiary/aromatic N) is 2. The van der Waals surface area contributed by atoms with Gasteiger partial charge in [0.15, 0.2) is 5.78 Å². The largest absolute Gasteiger partial charge is 0.298 e. The maximum absolute atomic E-state index is 12.7. The van der Waals surface area contributed by atoms with Crippen LogP contribution in [0.25, 0.3) is 0 Å². The van der Waals surface area contributed by atoms with Gasteiger partial charge in [0.2, 0.25) is 10.0 Å². The molecule has 6 heteroatoms. The molecule has 5 nitrogen and oxygen atoms in total. The highest BCUT2D eigenvalue weighted by Crippen LogP contribution is 2.28. The molecule has 0 aromatic heterocycles. The molecular formula is C15H20N2O3S. The predicted molar refractivity (Wildman–Crippen MR) is 79.8 cm³/mol. The van der Waals surface area contributed by atoms with E-state index in [0.29, 0.717) is 24.7 Å². The number of benzene rings is 1. The molecular weight excluding hydrogens is 288 g/mol. The molecule has 21 heavy (non-hydrogen) atoms. The molecule has 0 bridgehead atoms. The minimum Gasteiger partial charge on any atom is -0.298 e. The van der Waals surface area contributed by atoms with Crippen LogP contribution in [0.5, 0.6) is 0 Å². The van der Waals surface area contributed by atoms with Crippen LogP contribution >= 0.6 is 0 Å². The van der Waals surface area contributed by atoms with Gasteiger partial charge in [-0.15, -0.1) is 0 Å². The molecule has 0 atom stereocenters. The molecule has 2 fully saturated rings. The van der Waals surface area contributed by atoms with Crippen LogP contribution in [0.3, 0.4) is 0 Å². The molecule has 114 valence electrons. The third-order valence-electron chi connectivity index (χ3n) is 4.21. The van der Waals surface area contributed by atoms with Crippen molar-refractivity contribution in [1.82, 2.24) is 9.21 Å². The first-order valence-corrected chi connectivity index (χ1v) is 8.78. The van der Waals surface area contributed by atoms with Crippen LogP contribution in [-0.4, -0.2) is 55.6 Å². The van der Waals surface area contributed by atoms with Crippen molar-refractivity contribution in [3.05, 3.63) is 29.8 Å². The van der Waals surface area contributed by atoms with Gasteiger partial charge >= 0.3 is 0 Å². The lowest BCUT2D eigenvalue weighted by Gasteiger charge is -2.34. The van der Waals surface area contributed by atoms with Crippen molar-refractivity contribution >= 4 is 15.8 Å². The highest BCUT2D eigenvalue weighted by molar-refractivity contribution is 7.89. The summed E-state index contributed by atoms with van der Waals surface area (Å²) in [5.74, 6) is -0.120. The summed E-state index contributed by atoms with van der Waals surface area (Å²) in [5.41, 5.74) is 0.438. The first kappa shape index (κ1) is 14.7. The monoisotopic (exact) mass is 308 g/mol. The van der Waals surface area contributed by atoms with E-state index >= 15 is 0 Å². The number of hydrogen-bond acceptors (Lipinski definition) is 4. The average Bonchev–Trinajstić information content (AvgIpc) is 3.32. The third kappa shape index (κ3) is 3.02. The average molecular weight is 308 g/mol. The highest BCUT2D eigenvalue weighted by atomic mass is 32.2. The first-order valence-electron chi connectivity index (χ1n) is 7.34. The van der Waals surface area contributed by atoms with E-state index in [2.05, 4.69) is 4.90 Å². The van der Waals surface area contributed by atoms with Gasteiger partial charge in [-0.2, -0.15) is 4.31 Å². The Morgan fingerprint density at radius 2 is 1.81 bits per heavy atom. The molecule has 1 aliphatic heterocycles. The summed E-state index contributed by atoms with van der Waals surface area (Å²) in [6, 6.07) is 6.99. The van der Waals surface area contributed by atoms with E-state index in [-0.39, 0.29) is 10.7 Å². The lowest BCUT2D eigenvalue weighted by molar-refractivity contribution is 0.101. The van der Waals surface area contributed by atoms with Gasteiger partial charge in [0, 0.05) is 37.8 Å². The van der Waals surface area contributed by atoms with E-state index < -0.39 is 10.0 Å². The van der Waals surface area contributed by atoms with Crippen molar-refractivity contribution in [3.63, 3.8) is 0 Å². The quantitative estimate of drug-likeness (QED) is 0.788. The van der Waals surface area contributed by atoms with Gasteiger partial charge < -0.3 is 0 Å². The minimum atomic E-state index is -3.49. The van der Waals surface area contributed by atoms with Crippen LogP contribution in [0.15, 0.2) is 29.2 Å². The van der Waals surface area contributed by atoms with E-state index in [0.717, 1.165) is 13.1 Å². The Labute approximate surface area is 125 Å². The predicted octanol–water partition coefficient (Wildman–Crippen LogP) is 1.36. The molecule has 0 N–H and O–H groups in total. The first-order chi connectivity index (χ1) is 9.98. The maximum atomic E-state index is 12.7. The van der Waals surface area contributed by atoms with Crippen molar-refractivity contribution in [3.8, 4) is 0 Å². The molecule has 3 rings (SSSR count). The molecule has 1 heterocycles. The highest BCUT2D eigenvalue weighted by Gasteiger charge is 2.34. The number of carbonyl (C=O) groups excluding carboxylic acids is 1. The summed E-state index contributed by atoms with van der Waals surface area (Å²) in [6.45, 7) is 4.11. The van der Waals surface area contributed by atoms with E-state index in [4.69, 9.17) is 0 Å². The number of piperazine rings is 1. The third-order valence-corrected chi connectivity index (χ3v) is 6.11. The second kappa shape index (κ2) is 5.51. The topological polar surface area (TPSA) is 57.7 Å². The van der Waals surface area contributed by atoms with Crippen LogP contribution in [0, 0.1) is 0 Å². The fraction of sp³-hybridized carbons (Fsp3) is 0.533. The van der Waals surface area contributed by atoms with E-state index in [1.165, 1.54) is 30.1 Å². The summed E-state index contributed by atoms with van der Waals surface area (Å²) in [7, 11) is -3.49. The summed E-state index contributed by atoms with van der Waals surface area (Å²) in [4.78, 5) is 14.0. The van der Waals surface area contributed by atoms with Crippen molar-refractivity contribution in [2.45, 2.75) is 30.7 Å². The number of rotatable bonds is 4. The molecule has 1 saturated carbocycles. The van der Waals surface area contributed by atoms with Gasteiger partial charge in [-0.3, -0.25) is 9.69 Å². The fourth-order valence-corrected chi connectivity index (χ4v) is 4.24. The Bertz CT molecular complexity index is 645. The molecule has 1 aliphatic carbocycles. The van der Waals surface area contributed by atoms with Crippen LogP contribution in [-0.2, 0) is 10.0 Å². The van der Waals surface area contributed by atoms with Crippen LogP contribution in [0.1, 0.15) is 30.1 Å². The van der Waals surface area contributed by atoms with Gasteiger partial charge in [-0.25, -0.2) is 8.42 Å². The van der Waals surface area contributed by atoms with E-state index in [1.54, 1.807) is 18.2 Å². The van der Waals surface area contributed by atoms with E-state index in [1.807, 2.05) is 0 Å². The molecule has 1 saturated heterocycles. The fourth-order valence-electron chi connectivity index (χ4n) is 2.77. The molecule has 2 aliphatic rings. The SMILES string of the molecule is CC(=O)c1cccc(S(=O)(=O)N2CCN(C3CC3)CC2)c1. The molecule has 1 aromatic carbocycles. The summed E-state index contributed by atoms with van der Waals surface area (Å²) in [5, 5.41) is 0. The molecule has 0 amide bonds. The van der Waals surface area contributed by atoms with Crippen LogP contribution < -0.4 is 0 Å². The van der Waals surface area contributed by atoms with Crippen LogP contribution in [0.2, 0.25) is 0 Å². The Morgan fingerprint density at radius 1 is 1.14 bits per heavy atom. The van der Waals surface area contributed by atoms with E-state index in [9.17, 15) is 13.2 Å². The smallest absolute Gasteiger partial charge is 0.243 e. The zero-order valence-corrected chi connectivity index (χ0v) is 13.0. The Balaban J connectivity index is 1.77. The maximum Gasteiger partial charge on any atom is 0.243 e. The second-order valence-electron chi connectivity index (χ2n) is 5.76. The van der Waals surface area contributed by atoms with Crippen molar-refractivity contribution in [2.75, 3.05) is 26.2 Å². The zero-order chi connectivity index (χ0) is 15.0. The van der Waals surface area contributed by atoms with Gasteiger partial charge in [0.05, 0.1) is 4.90 Å². The number of sulfonamides is 1. The molecule has 1 aromatic rings. The second-order valence-corrected chi connectivity index (χ2v) is 7.69. The van der Waals surface area contributed by atoms with Gasteiger partial charge in [0.1, 0.15) is 0 Å². The van der Waals surface area contributed by atoms with Gasteiger partial charge in [0.25, 0.3) is 0 Å². The van der Waals surface area contributed by atoms with Crippen molar-refractivity contribution in [2.24, 2.45) is 0 Å². The van der Waals surface area contributed by atoms with Crippen LogP contribution in [0.4, 0.5) is 0 Å². The molecule has 0 radical (unpaired) electrons. The summed E-state index contributed by atoms with van der Waals surface area (Å²) < 4.78 is 26.8. The Kier molecular flexibility index (Phi) is 3.86. The number of hydrogen-bond donors (Lipinski definition) is 0. The molecule has 0 spiro atoms. The van der Waals surface area contributed by atoms with Crippen molar-refractivity contribution < 1.29 is 13.2 Å². The zero-order valence-electron chi connectivity index (χ0n) is 12.2. The Hall–Kier alpha value is -1.24. The standard InChI is InChI=1S/C15H20N2O3S/c1-12(18)13-3-2-4-15(11-13)21(19,20)17-9-7-16(8-10-17)14-5-6-14/h2-4,11,14H,5-10H2,1H3. The number of carbonyl (C=O) groups is 1. The summed E-state index contributed by atoms with van der Waals surface area (Å²) >= 11 is 0. The van der Waals surface area contributed by atoms with Gasteiger partial charge in [-0.05, 0) is 31.9 Å². The lowest BCUT2D eigenvalue weighted by atomic mass is 10.2. The Morgan fingerprint density at radius 3 is 2.38 bits per heavy atom. The lowest BCUT2D eigenvalue weighted by Crippen LogP contribution is -2.49.